The van der Waals surface area contributed by atoms with E-state index in [2.05, 4.69) is 4.72 Å². The van der Waals surface area contributed by atoms with Crippen molar-refractivity contribution in [2.75, 3.05) is 7.11 Å². The van der Waals surface area contributed by atoms with Crippen molar-refractivity contribution in [1.29, 1.82) is 0 Å². The highest BCUT2D eigenvalue weighted by Gasteiger charge is 2.23. The van der Waals surface area contributed by atoms with Crippen LogP contribution < -0.4 is 9.46 Å². The number of hydrogen-bond acceptors (Lipinski definition) is 4. The lowest BCUT2D eigenvalue weighted by molar-refractivity contribution is 0.0693. The van der Waals surface area contributed by atoms with Crippen LogP contribution in [0.2, 0.25) is 0 Å². The van der Waals surface area contributed by atoms with Crippen LogP contribution in [-0.4, -0.2) is 32.6 Å². The van der Waals surface area contributed by atoms with Crippen LogP contribution in [0.5, 0.6) is 5.75 Å². The van der Waals surface area contributed by atoms with Gasteiger partial charge in [0, 0.05) is 6.04 Å². The molecule has 1 saturated carbocycles. The van der Waals surface area contributed by atoms with Gasteiger partial charge in [-0.15, -0.1) is 0 Å². The molecule has 22 heavy (non-hydrogen) atoms. The van der Waals surface area contributed by atoms with Crippen LogP contribution in [0.1, 0.15) is 48.9 Å². The summed E-state index contributed by atoms with van der Waals surface area (Å²) in [7, 11) is -2.38. The number of carboxylic acids is 1. The van der Waals surface area contributed by atoms with Gasteiger partial charge in [-0.2, -0.15) is 0 Å². The van der Waals surface area contributed by atoms with Crippen LogP contribution >= 0.6 is 0 Å². The van der Waals surface area contributed by atoms with E-state index in [1.165, 1.54) is 19.2 Å². The summed E-state index contributed by atoms with van der Waals surface area (Å²) in [6.45, 7) is 0. The van der Waals surface area contributed by atoms with E-state index < -0.39 is 16.0 Å². The predicted octanol–water partition coefficient (Wildman–Crippen LogP) is 2.39. The van der Waals surface area contributed by atoms with Gasteiger partial charge in [0.15, 0.2) is 0 Å². The van der Waals surface area contributed by atoms with Gasteiger partial charge in [-0.05, 0) is 31.0 Å². The maximum atomic E-state index is 12.4. The van der Waals surface area contributed by atoms with Crippen LogP contribution in [0.15, 0.2) is 23.1 Å². The van der Waals surface area contributed by atoms with E-state index in [0.717, 1.165) is 44.6 Å². The highest BCUT2D eigenvalue weighted by molar-refractivity contribution is 7.89. The largest absolute Gasteiger partial charge is 0.496 e. The number of benzene rings is 1. The first-order valence-corrected chi connectivity index (χ1v) is 8.86. The lowest BCUT2D eigenvalue weighted by Crippen LogP contribution is -2.34. The van der Waals surface area contributed by atoms with E-state index in [4.69, 9.17) is 9.84 Å². The molecule has 2 rings (SSSR count). The first-order chi connectivity index (χ1) is 10.4. The predicted molar refractivity (Wildman–Crippen MR) is 81.8 cm³/mol. The molecule has 0 amide bonds. The quantitative estimate of drug-likeness (QED) is 0.810. The molecule has 6 nitrogen and oxygen atoms in total. The maximum absolute atomic E-state index is 12.4. The van der Waals surface area contributed by atoms with Crippen molar-refractivity contribution >= 4 is 16.0 Å². The van der Waals surface area contributed by atoms with Crippen LogP contribution in [0, 0.1) is 0 Å². The molecule has 1 aromatic rings. The van der Waals surface area contributed by atoms with Gasteiger partial charge < -0.3 is 9.84 Å². The lowest BCUT2D eigenvalue weighted by atomic mass is 10.1. The number of methoxy groups -OCH3 is 1. The second kappa shape index (κ2) is 7.11. The van der Waals surface area contributed by atoms with Crippen LogP contribution in [0.4, 0.5) is 0 Å². The first-order valence-electron chi connectivity index (χ1n) is 7.37. The highest BCUT2D eigenvalue weighted by Crippen LogP contribution is 2.24. The monoisotopic (exact) mass is 327 g/mol. The number of nitrogens with one attached hydrogen (secondary N) is 1. The van der Waals surface area contributed by atoms with E-state index >= 15 is 0 Å². The normalized spacial score (nSPS) is 17.0. The minimum absolute atomic E-state index is 0.0463. The van der Waals surface area contributed by atoms with E-state index in [1.54, 1.807) is 0 Å². The summed E-state index contributed by atoms with van der Waals surface area (Å²) < 4.78 is 32.5. The summed E-state index contributed by atoms with van der Waals surface area (Å²) in [5.41, 5.74) is -0.161. The summed E-state index contributed by atoms with van der Waals surface area (Å²) >= 11 is 0. The zero-order chi connectivity index (χ0) is 16.2. The molecular weight excluding hydrogens is 306 g/mol. The molecule has 1 aliphatic carbocycles. The fraction of sp³-hybridized carbons (Fsp3) is 0.533. The van der Waals surface area contributed by atoms with Crippen LogP contribution in [0.3, 0.4) is 0 Å². The number of ether oxygens (including phenoxy) is 1. The Bertz CT molecular complexity index is 633. The van der Waals surface area contributed by atoms with Crippen LogP contribution in [-0.2, 0) is 10.0 Å². The Hall–Kier alpha value is -1.60. The maximum Gasteiger partial charge on any atom is 0.339 e. The lowest BCUT2D eigenvalue weighted by Gasteiger charge is -2.17. The molecule has 0 bridgehead atoms. The molecule has 0 heterocycles. The average Bonchev–Trinajstić information content (AvgIpc) is 2.74. The van der Waals surface area contributed by atoms with Crippen molar-refractivity contribution in [3.05, 3.63) is 23.8 Å². The Labute approximate surface area is 130 Å². The summed E-state index contributed by atoms with van der Waals surface area (Å²) in [5, 5.41) is 9.15. The molecular formula is C15H21NO5S. The van der Waals surface area contributed by atoms with Crippen LogP contribution in [0.25, 0.3) is 0 Å². The molecule has 0 radical (unpaired) electrons. The molecule has 1 aromatic carbocycles. The molecule has 0 atom stereocenters. The van der Waals surface area contributed by atoms with Crippen molar-refractivity contribution in [1.82, 2.24) is 4.72 Å². The molecule has 0 unspecified atom stereocenters. The summed E-state index contributed by atoms with van der Waals surface area (Å²) in [6, 6.07) is 3.79. The van der Waals surface area contributed by atoms with Gasteiger partial charge in [0.25, 0.3) is 0 Å². The topological polar surface area (TPSA) is 92.7 Å². The van der Waals surface area contributed by atoms with Gasteiger partial charge in [0.05, 0.1) is 12.0 Å². The molecule has 0 spiro atoms. The Balaban J connectivity index is 2.25. The van der Waals surface area contributed by atoms with Crippen molar-refractivity contribution in [2.45, 2.75) is 49.5 Å². The number of carbonyl (C=O) groups is 1. The number of aromatic carboxylic acids is 1. The third-order valence-electron chi connectivity index (χ3n) is 3.89. The van der Waals surface area contributed by atoms with E-state index in [-0.39, 0.29) is 22.3 Å². The summed E-state index contributed by atoms with van der Waals surface area (Å²) in [4.78, 5) is 11.2. The molecule has 2 N–H and O–H groups in total. The third kappa shape index (κ3) is 3.98. The number of carboxylic acid groups (broad SMARTS) is 1. The zero-order valence-corrected chi connectivity index (χ0v) is 13.4. The number of rotatable bonds is 5. The van der Waals surface area contributed by atoms with Gasteiger partial charge in [-0.3, -0.25) is 0 Å². The third-order valence-corrected chi connectivity index (χ3v) is 5.41. The van der Waals surface area contributed by atoms with Crippen molar-refractivity contribution in [3.63, 3.8) is 0 Å². The van der Waals surface area contributed by atoms with E-state index in [9.17, 15) is 13.2 Å². The molecule has 122 valence electrons. The van der Waals surface area contributed by atoms with E-state index in [1.807, 2.05) is 0 Å². The Kier molecular flexibility index (Phi) is 5.42. The summed E-state index contributed by atoms with van der Waals surface area (Å²) in [6.07, 6.45) is 5.92. The minimum Gasteiger partial charge on any atom is -0.496 e. The van der Waals surface area contributed by atoms with Crippen molar-refractivity contribution in [3.8, 4) is 5.75 Å². The first kappa shape index (κ1) is 16.8. The fourth-order valence-corrected chi connectivity index (χ4v) is 4.04. The Morgan fingerprint density at radius 3 is 2.41 bits per heavy atom. The minimum atomic E-state index is -3.73. The molecule has 0 aliphatic heterocycles. The summed E-state index contributed by atoms with van der Waals surface area (Å²) in [5.74, 6) is -1.08. The number of hydrogen-bond donors (Lipinski definition) is 2. The zero-order valence-electron chi connectivity index (χ0n) is 12.5. The Morgan fingerprint density at radius 1 is 1.23 bits per heavy atom. The van der Waals surface area contributed by atoms with Gasteiger partial charge in [0.2, 0.25) is 10.0 Å². The van der Waals surface area contributed by atoms with Gasteiger partial charge in [0.1, 0.15) is 11.3 Å². The number of sulfonamides is 1. The van der Waals surface area contributed by atoms with Crippen molar-refractivity contribution in [2.24, 2.45) is 0 Å². The average molecular weight is 327 g/mol. The van der Waals surface area contributed by atoms with Gasteiger partial charge in [-0.25, -0.2) is 17.9 Å². The smallest absolute Gasteiger partial charge is 0.339 e. The van der Waals surface area contributed by atoms with E-state index in [0.29, 0.717) is 0 Å². The molecule has 1 aliphatic rings. The van der Waals surface area contributed by atoms with Gasteiger partial charge >= 0.3 is 5.97 Å². The highest BCUT2D eigenvalue weighted by atomic mass is 32.2. The Morgan fingerprint density at radius 2 is 1.86 bits per heavy atom. The molecule has 0 aromatic heterocycles. The SMILES string of the molecule is COc1ccc(S(=O)(=O)NC2CCCCCC2)cc1C(=O)O. The molecule has 1 fully saturated rings. The molecule has 7 heteroatoms. The van der Waals surface area contributed by atoms with Gasteiger partial charge in [-0.1, -0.05) is 25.7 Å². The molecule has 0 saturated heterocycles. The van der Waals surface area contributed by atoms with Crippen molar-refractivity contribution < 1.29 is 23.1 Å². The standard InChI is InChI=1S/C15H21NO5S/c1-21-14-9-8-12(10-13(14)15(17)18)22(19,20)16-11-6-4-2-3-5-7-11/h8-11,16H,2-7H2,1H3,(H,17,18). The second-order valence-corrected chi connectivity index (χ2v) is 7.19. The fourth-order valence-electron chi connectivity index (χ4n) is 2.71. The second-order valence-electron chi connectivity index (χ2n) is 5.48.